The van der Waals surface area contributed by atoms with Crippen molar-refractivity contribution < 1.29 is 23.5 Å². The van der Waals surface area contributed by atoms with E-state index in [4.69, 9.17) is 15.2 Å². The number of nitrogens with one attached hydrogen (secondary N) is 2. The highest BCUT2D eigenvalue weighted by atomic mass is 19.1. The van der Waals surface area contributed by atoms with Gasteiger partial charge in [-0.2, -0.15) is 0 Å². The van der Waals surface area contributed by atoms with Gasteiger partial charge in [-0.15, -0.1) is 0 Å². The Morgan fingerprint density at radius 2 is 1.69 bits per heavy atom. The van der Waals surface area contributed by atoms with E-state index in [0.29, 0.717) is 18.1 Å². The van der Waals surface area contributed by atoms with E-state index in [1.165, 1.54) is 18.3 Å². The summed E-state index contributed by atoms with van der Waals surface area (Å²) >= 11 is 0. The Morgan fingerprint density at radius 1 is 1.07 bits per heavy atom. The van der Waals surface area contributed by atoms with E-state index in [0.717, 1.165) is 5.56 Å². The van der Waals surface area contributed by atoms with E-state index < -0.39 is 11.9 Å². The lowest BCUT2D eigenvalue weighted by Gasteiger charge is -2.11. The third-order valence-electron chi connectivity index (χ3n) is 3.67. The van der Waals surface area contributed by atoms with Crippen molar-refractivity contribution in [2.24, 2.45) is 0 Å². The molecule has 2 rings (SSSR count). The third-order valence-corrected chi connectivity index (χ3v) is 3.67. The summed E-state index contributed by atoms with van der Waals surface area (Å²) in [6.07, 6.45) is 1.18. The Balaban J connectivity index is 2.07. The number of rotatable bonds is 9. The molecular formula is C20H23FN4O4. The maximum absolute atomic E-state index is 12.9. The molecule has 0 radical (unpaired) electrons. The van der Waals surface area contributed by atoms with E-state index >= 15 is 0 Å². The number of hydrogen-bond donors (Lipinski definition) is 3. The Bertz CT molecular complexity index is 865. The highest BCUT2D eigenvalue weighted by molar-refractivity contribution is 6.14. The zero-order valence-corrected chi connectivity index (χ0v) is 16.2. The predicted octanol–water partition coefficient (Wildman–Crippen LogP) is 2.84. The summed E-state index contributed by atoms with van der Waals surface area (Å²) in [7, 11) is 0. The molecule has 154 valence electrons. The molecule has 4 N–H and O–H groups in total. The van der Waals surface area contributed by atoms with Gasteiger partial charge in [0.2, 0.25) is 0 Å². The maximum Gasteiger partial charge on any atom is 0.347 e. The Hall–Kier alpha value is -3.62. The number of hydrogen-bond acceptors (Lipinski definition) is 8. The molecule has 1 aromatic carbocycles. The average molecular weight is 402 g/mol. The molecule has 0 bridgehead atoms. The lowest BCUT2D eigenvalue weighted by molar-refractivity contribution is -0.146. The minimum absolute atomic E-state index is 0.119. The molecule has 0 amide bonds. The van der Waals surface area contributed by atoms with Crippen LogP contribution >= 0.6 is 0 Å². The molecule has 0 aliphatic heterocycles. The molecule has 0 saturated carbocycles. The number of carbonyl (C=O) groups is 2. The summed E-state index contributed by atoms with van der Waals surface area (Å²) in [6, 6.07) is 9.40. The zero-order chi connectivity index (χ0) is 21.2. The number of esters is 2. The first kappa shape index (κ1) is 21.7. The second-order valence-corrected chi connectivity index (χ2v) is 5.75. The van der Waals surface area contributed by atoms with E-state index in [-0.39, 0.29) is 30.4 Å². The van der Waals surface area contributed by atoms with Crippen molar-refractivity contribution in [2.45, 2.75) is 20.4 Å². The lowest BCUT2D eigenvalue weighted by atomic mass is 10.2. The number of nitrogens with zero attached hydrogens (tertiary/aromatic N) is 1. The monoisotopic (exact) mass is 402 g/mol. The van der Waals surface area contributed by atoms with Crippen LogP contribution in [0.2, 0.25) is 0 Å². The van der Waals surface area contributed by atoms with Crippen molar-refractivity contribution in [3.05, 3.63) is 59.6 Å². The van der Waals surface area contributed by atoms with Crippen molar-refractivity contribution >= 4 is 29.3 Å². The van der Waals surface area contributed by atoms with Crippen LogP contribution in [0, 0.1) is 5.82 Å². The van der Waals surface area contributed by atoms with Crippen molar-refractivity contribution in [2.75, 3.05) is 29.6 Å². The largest absolute Gasteiger partial charge is 0.462 e. The van der Waals surface area contributed by atoms with Gasteiger partial charge in [0.05, 0.1) is 18.9 Å². The van der Waals surface area contributed by atoms with Gasteiger partial charge in [-0.05, 0) is 43.7 Å². The van der Waals surface area contributed by atoms with Crippen LogP contribution in [0.4, 0.5) is 21.7 Å². The van der Waals surface area contributed by atoms with Crippen LogP contribution in [0.1, 0.15) is 19.4 Å². The summed E-state index contributed by atoms with van der Waals surface area (Å²) < 4.78 is 22.7. The number of ether oxygens (including phenoxy) is 2. The van der Waals surface area contributed by atoms with E-state index in [2.05, 4.69) is 15.6 Å². The van der Waals surface area contributed by atoms with Crippen molar-refractivity contribution in [1.82, 2.24) is 4.98 Å². The first-order chi connectivity index (χ1) is 13.9. The molecule has 0 aliphatic rings. The number of nitrogens with two attached hydrogens (primary N) is 1. The van der Waals surface area contributed by atoms with Crippen LogP contribution in [0.5, 0.6) is 0 Å². The summed E-state index contributed by atoms with van der Waals surface area (Å²) in [6.45, 7) is 3.94. The fourth-order valence-corrected chi connectivity index (χ4v) is 2.26. The molecule has 2 aromatic rings. The van der Waals surface area contributed by atoms with E-state index in [9.17, 15) is 14.0 Å². The van der Waals surface area contributed by atoms with Gasteiger partial charge >= 0.3 is 11.9 Å². The van der Waals surface area contributed by atoms with Gasteiger partial charge in [-0.3, -0.25) is 0 Å². The van der Waals surface area contributed by atoms with Crippen molar-refractivity contribution in [3.8, 4) is 0 Å². The van der Waals surface area contributed by atoms with Crippen molar-refractivity contribution in [1.29, 1.82) is 0 Å². The highest BCUT2D eigenvalue weighted by Gasteiger charge is 2.21. The SMILES string of the molecule is CCOC(=O)C(=CNc1ccc(NCc2ccc(F)cc2)nc1N)C(=O)OCC. The molecule has 8 nitrogen and oxygen atoms in total. The maximum atomic E-state index is 12.9. The Labute approximate surface area is 167 Å². The second kappa shape index (κ2) is 10.6. The zero-order valence-electron chi connectivity index (χ0n) is 16.2. The van der Waals surface area contributed by atoms with Gasteiger partial charge < -0.3 is 25.8 Å². The predicted molar refractivity (Wildman–Crippen MR) is 107 cm³/mol. The number of nitrogen functional groups attached to an aromatic ring is 1. The average Bonchev–Trinajstić information content (AvgIpc) is 2.69. The molecule has 1 aromatic heterocycles. The molecule has 0 spiro atoms. The summed E-state index contributed by atoms with van der Waals surface area (Å²) in [5, 5.41) is 5.86. The van der Waals surface area contributed by atoms with E-state index in [1.54, 1.807) is 38.1 Å². The van der Waals surface area contributed by atoms with Crippen LogP contribution in [0.25, 0.3) is 0 Å². The minimum atomic E-state index is -0.803. The summed E-state index contributed by atoms with van der Waals surface area (Å²) in [5.41, 5.74) is 6.93. The molecule has 0 atom stereocenters. The summed E-state index contributed by atoms with van der Waals surface area (Å²) in [4.78, 5) is 28.1. The Kier molecular flexibility index (Phi) is 7.96. The minimum Gasteiger partial charge on any atom is -0.462 e. The quantitative estimate of drug-likeness (QED) is 0.254. The highest BCUT2D eigenvalue weighted by Crippen LogP contribution is 2.20. The fraction of sp³-hybridized carbons (Fsp3) is 0.250. The third kappa shape index (κ3) is 6.49. The first-order valence-electron chi connectivity index (χ1n) is 9.00. The van der Waals surface area contributed by atoms with Crippen LogP contribution in [0.3, 0.4) is 0 Å². The van der Waals surface area contributed by atoms with Gasteiger partial charge in [0.15, 0.2) is 5.57 Å². The second-order valence-electron chi connectivity index (χ2n) is 5.75. The van der Waals surface area contributed by atoms with Gasteiger partial charge in [0.1, 0.15) is 17.5 Å². The number of benzene rings is 1. The number of carbonyl (C=O) groups excluding carboxylic acids is 2. The van der Waals surface area contributed by atoms with Gasteiger partial charge in [0, 0.05) is 12.7 Å². The molecule has 9 heteroatoms. The number of anilines is 3. The molecular weight excluding hydrogens is 379 g/mol. The number of pyridine rings is 1. The lowest BCUT2D eigenvalue weighted by Crippen LogP contribution is -2.19. The van der Waals surface area contributed by atoms with Crippen LogP contribution < -0.4 is 16.4 Å². The normalized spacial score (nSPS) is 10.0. The smallest absolute Gasteiger partial charge is 0.347 e. The number of halogens is 1. The fourth-order valence-electron chi connectivity index (χ4n) is 2.26. The molecule has 0 aliphatic carbocycles. The van der Waals surface area contributed by atoms with Gasteiger partial charge in [-0.25, -0.2) is 19.0 Å². The van der Waals surface area contributed by atoms with Gasteiger partial charge in [-0.1, -0.05) is 12.1 Å². The standard InChI is InChI=1S/C20H23FN4O4/c1-3-28-19(26)15(20(27)29-4-2)12-23-16-9-10-17(25-18(16)22)24-11-13-5-7-14(21)8-6-13/h5-10,12,23H,3-4,11H2,1-2H3,(H3,22,24,25). The Morgan fingerprint density at radius 3 is 2.24 bits per heavy atom. The molecule has 29 heavy (non-hydrogen) atoms. The summed E-state index contributed by atoms with van der Waals surface area (Å²) in [5.74, 6) is -1.25. The topological polar surface area (TPSA) is 116 Å². The van der Waals surface area contributed by atoms with Crippen molar-refractivity contribution in [3.63, 3.8) is 0 Å². The van der Waals surface area contributed by atoms with E-state index in [1.807, 2.05) is 0 Å². The number of aromatic nitrogens is 1. The van der Waals surface area contributed by atoms with Crippen LogP contribution in [0.15, 0.2) is 48.2 Å². The van der Waals surface area contributed by atoms with Gasteiger partial charge in [0.25, 0.3) is 0 Å². The van der Waals surface area contributed by atoms with Crippen LogP contribution in [-0.4, -0.2) is 30.1 Å². The van der Waals surface area contributed by atoms with Crippen LogP contribution in [-0.2, 0) is 25.6 Å². The molecule has 0 unspecified atom stereocenters. The molecule has 0 fully saturated rings. The molecule has 0 saturated heterocycles. The first-order valence-corrected chi connectivity index (χ1v) is 9.00. The molecule has 1 heterocycles.